The topological polar surface area (TPSA) is 77.8 Å². The number of nitrogens with zero attached hydrogens (tertiary/aromatic N) is 2. The van der Waals surface area contributed by atoms with Crippen molar-refractivity contribution in [1.29, 1.82) is 0 Å². The maximum atomic E-state index is 5.40. The molecule has 62 valence electrons. The molecule has 5 heteroatoms. The van der Waals surface area contributed by atoms with Gasteiger partial charge in [-0.3, -0.25) is 0 Å². The predicted octanol–water partition coefficient (Wildman–Crippen LogP) is 0.402. The van der Waals surface area contributed by atoms with E-state index < -0.39 is 0 Å². The van der Waals surface area contributed by atoms with Crippen LogP contribution in [0.2, 0.25) is 0 Å². The number of aryl methyl sites for hydroxylation is 1. The number of anilines is 1. The van der Waals surface area contributed by atoms with Gasteiger partial charge in [-0.1, -0.05) is 11.3 Å². The van der Waals surface area contributed by atoms with Crippen molar-refractivity contribution < 1.29 is 0 Å². The van der Waals surface area contributed by atoms with Crippen molar-refractivity contribution in [3.63, 3.8) is 0 Å². The van der Waals surface area contributed by atoms with Gasteiger partial charge in [0.05, 0.1) is 0 Å². The Bertz CT molecular complexity index is 210. The van der Waals surface area contributed by atoms with Crippen LogP contribution in [0.5, 0.6) is 0 Å². The van der Waals surface area contributed by atoms with Gasteiger partial charge in [0.2, 0.25) is 5.13 Å². The molecule has 1 rings (SSSR count). The summed E-state index contributed by atoms with van der Waals surface area (Å²) < 4.78 is 0. The largest absolute Gasteiger partial charge is 0.374 e. The van der Waals surface area contributed by atoms with Crippen LogP contribution in [0.4, 0.5) is 5.13 Å². The van der Waals surface area contributed by atoms with Gasteiger partial charge in [0.15, 0.2) is 0 Å². The first kappa shape index (κ1) is 8.42. The van der Waals surface area contributed by atoms with Gasteiger partial charge >= 0.3 is 0 Å². The summed E-state index contributed by atoms with van der Waals surface area (Å²) in [6.45, 7) is 0.744. The summed E-state index contributed by atoms with van der Waals surface area (Å²) in [6.07, 6.45) is 3.07. The Kier molecular flexibility index (Phi) is 3.25. The number of hydrogen-bond donors (Lipinski definition) is 2. The molecule has 4 nitrogen and oxygen atoms in total. The number of aromatic nitrogens is 2. The lowest BCUT2D eigenvalue weighted by molar-refractivity contribution is 0.736. The second kappa shape index (κ2) is 4.25. The van der Waals surface area contributed by atoms with Gasteiger partial charge in [0, 0.05) is 6.42 Å². The Hall–Kier alpha value is -0.680. The lowest BCUT2D eigenvalue weighted by Crippen LogP contribution is -1.98. The molecule has 4 N–H and O–H groups in total. The molecular weight excluding hydrogens is 160 g/mol. The van der Waals surface area contributed by atoms with Crippen molar-refractivity contribution in [1.82, 2.24) is 10.2 Å². The molecule has 0 fully saturated rings. The molecule has 0 saturated carbocycles. The minimum absolute atomic E-state index is 0.549. The monoisotopic (exact) mass is 172 g/mol. The quantitative estimate of drug-likeness (QED) is 0.644. The van der Waals surface area contributed by atoms with E-state index in [4.69, 9.17) is 11.5 Å². The van der Waals surface area contributed by atoms with Gasteiger partial charge in [-0.2, -0.15) is 0 Å². The third-order valence-corrected chi connectivity index (χ3v) is 2.14. The lowest BCUT2D eigenvalue weighted by Gasteiger charge is -1.91. The molecule has 0 aliphatic heterocycles. The molecule has 0 bridgehead atoms. The fourth-order valence-electron chi connectivity index (χ4n) is 0.788. The minimum atomic E-state index is 0.549. The van der Waals surface area contributed by atoms with Crippen LogP contribution in [0, 0.1) is 0 Å². The van der Waals surface area contributed by atoms with E-state index in [-0.39, 0.29) is 0 Å². The van der Waals surface area contributed by atoms with Crippen LogP contribution >= 0.6 is 11.3 Å². The third-order valence-electron chi connectivity index (χ3n) is 1.33. The number of unbranched alkanes of at least 4 members (excludes halogenated alkanes) is 1. The highest BCUT2D eigenvalue weighted by Gasteiger charge is 1.98. The number of hydrogen-bond acceptors (Lipinski definition) is 5. The van der Waals surface area contributed by atoms with E-state index in [0.717, 1.165) is 30.8 Å². The second-order valence-corrected chi connectivity index (χ2v) is 3.37. The molecule has 0 aliphatic carbocycles. The van der Waals surface area contributed by atoms with Crippen LogP contribution in [0.15, 0.2) is 0 Å². The second-order valence-electron chi connectivity index (χ2n) is 2.28. The van der Waals surface area contributed by atoms with Gasteiger partial charge in [-0.15, -0.1) is 10.2 Å². The van der Waals surface area contributed by atoms with Crippen LogP contribution in [-0.2, 0) is 6.42 Å². The minimum Gasteiger partial charge on any atom is -0.374 e. The molecule has 0 radical (unpaired) electrons. The summed E-state index contributed by atoms with van der Waals surface area (Å²) in [4.78, 5) is 0. The normalized spacial score (nSPS) is 10.3. The summed E-state index contributed by atoms with van der Waals surface area (Å²) >= 11 is 1.45. The number of nitrogen functional groups attached to an aromatic ring is 1. The van der Waals surface area contributed by atoms with Crippen LogP contribution in [0.1, 0.15) is 17.8 Å². The average Bonchev–Trinajstić information content (AvgIpc) is 2.37. The maximum Gasteiger partial charge on any atom is 0.203 e. The molecular formula is C6H12N4S. The highest BCUT2D eigenvalue weighted by atomic mass is 32.1. The molecule has 0 saturated heterocycles. The highest BCUT2D eigenvalue weighted by molar-refractivity contribution is 7.15. The first-order valence-electron chi connectivity index (χ1n) is 3.61. The molecule has 0 spiro atoms. The van der Waals surface area contributed by atoms with E-state index in [2.05, 4.69) is 10.2 Å². The summed E-state index contributed by atoms with van der Waals surface area (Å²) in [5.74, 6) is 0. The molecule has 1 heterocycles. The highest BCUT2D eigenvalue weighted by Crippen LogP contribution is 2.12. The zero-order valence-corrected chi connectivity index (χ0v) is 7.10. The molecule has 1 aromatic heterocycles. The maximum absolute atomic E-state index is 5.40. The molecule has 0 atom stereocenters. The van der Waals surface area contributed by atoms with E-state index in [9.17, 15) is 0 Å². The van der Waals surface area contributed by atoms with Gasteiger partial charge < -0.3 is 11.5 Å². The standard InChI is InChI=1S/C6H12N4S/c7-4-2-1-3-5-9-10-6(8)11-5/h1-4,7H2,(H2,8,10). The summed E-state index contributed by atoms with van der Waals surface area (Å²) in [5, 5.41) is 9.16. The van der Waals surface area contributed by atoms with Gasteiger partial charge in [-0.25, -0.2) is 0 Å². The first-order valence-corrected chi connectivity index (χ1v) is 4.42. The molecule has 0 amide bonds. The smallest absolute Gasteiger partial charge is 0.203 e. The SMILES string of the molecule is NCCCCc1nnc(N)s1. The fraction of sp³-hybridized carbons (Fsp3) is 0.667. The number of nitrogens with two attached hydrogens (primary N) is 2. The van der Waals surface area contributed by atoms with Gasteiger partial charge in [0.25, 0.3) is 0 Å². The van der Waals surface area contributed by atoms with E-state index >= 15 is 0 Å². The van der Waals surface area contributed by atoms with Crippen molar-refractivity contribution in [2.75, 3.05) is 12.3 Å². The number of rotatable bonds is 4. The zero-order valence-electron chi connectivity index (χ0n) is 6.29. The Labute approximate surface area is 69.6 Å². The van der Waals surface area contributed by atoms with Crippen LogP contribution in [0.3, 0.4) is 0 Å². The van der Waals surface area contributed by atoms with E-state index in [1.165, 1.54) is 11.3 Å². The van der Waals surface area contributed by atoms with Crippen LogP contribution < -0.4 is 11.5 Å². The molecule has 11 heavy (non-hydrogen) atoms. The molecule has 0 unspecified atom stereocenters. The average molecular weight is 172 g/mol. The van der Waals surface area contributed by atoms with Crippen molar-refractivity contribution in [3.8, 4) is 0 Å². The Morgan fingerprint density at radius 3 is 2.64 bits per heavy atom. The predicted molar refractivity (Wildman–Crippen MR) is 46.3 cm³/mol. The Morgan fingerprint density at radius 1 is 1.27 bits per heavy atom. The molecule has 0 aromatic carbocycles. The van der Waals surface area contributed by atoms with Crippen molar-refractivity contribution in [3.05, 3.63) is 5.01 Å². The van der Waals surface area contributed by atoms with Gasteiger partial charge in [-0.05, 0) is 19.4 Å². The molecule has 0 aliphatic rings. The van der Waals surface area contributed by atoms with Crippen molar-refractivity contribution in [2.24, 2.45) is 5.73 Å². The van der Waals surface area contributed by atoms with Crippen molar-refractivity contribution >= 4 is 16.5 Å². The summed E-state index contributed by atoms with van der Waals surface area (Å²) in [5.41, 5.74) is 10.7. The van der Waals surface area contributed by atoms with E-state index in [1.807, 2.05) is 0 Å². The Balaban J connectivity index is 2.27. The van der Waals surface area contributed by atoms with Crippen LogP contribution in [-0.4, -0.2) is 16.7 Å². The third kappa shape index (κ3) is 2.81. The van der Waals surface area contributed by atoms with E-state index in [1.54, 1.807) is 0 Å². The molecule has 1 aromatic rings. The zero-order chi connectivity index (χ0) is 8.10. The lowest BCUT2D eigenvalue weighted by atomic mass is 10.2. The van der Waals surface area contributed by atoms with Crippen LogP contribution in [0.25, 0.3) is 0 Å². The summed E-state index contributed by atoms with van der Waals surface area (Å²) in [7, 11) is 0. The Morgan fingerprint density at radius 2 is 2.09 bits per heavy atom. The van der Waals surface area contributed by atoms with E-state index in [0.29, 0.717) is 5.13 Å². The first-order chi connectivity index (χ1) is 5.33. The van der Waals surface area contributed by atoms with Gasteiger partial charge in [0.1, 0.15) is 5.01 Å². The van der Waals surface area contributed by atoms with Crippen molar-refractivity contribution in [2.45, 2.75) is 19.3 Å². The summed E-state index contributed by atoms with van der Waals surface area (Å²) in [6, 6.07) is 0. The fourth-order valence-corrected chi connectivity index (χ4v) is 1.44.